The number of halogens is 1. The molecule has 1 unspecified atom stereocenters. The first-order valence-corrected chi connectivity index (χ1v) is 6.03. The third kappa shape index (κ3) is 2.41. The lowest BCUT2D eigenvalue weighted by molar-refractivity contribution is 0.542. The van der Waals surface area contributed by atoms with E-state index in [0.29, 0.717) is 5.56 Å². The molecule has 0 radical (unpaired) electrons. The molecule has 96 valence electrons. The SMILES string of the molecule is CCCn1nncc1C(N)c1ccc(C)c(F)c1. The van der Waals surface area contributed by atoms with Gasteiger partial charge in [0.25, 0.3) is 0 Å². The minimum absolute atomic E-state index is 0.238. The average molecular weight is 248 g/mol. The number of nitrogens with two attached hydrogens (primary N) is 1. The topological polar surface area (TPSA) is 56.7 Å². The average Bonchev–Trinajstić information content (AvgIpc) is 2.80. The summed E-state index contributed by atoms with van der Waals surface area (Å²) < 4.78 is 15.3. The zero-order valence-corrected chi connectivity index (χ0v) is 10.6. The summed E-state index contributed by atoms with van der Waals surface area (Å²) in [5.74, 6) is -0.238. The van der Waals surface area contributed by atoms with Gasteiger partial charge in [-0.05, 0) is 30.5 Å². The first-order valence-electron chi connectivity index (χ1n) is 6.03. The Labute approximate surface area is 106 Å². The van der Waals surface area contributed by atoms with E-state index in [1.165, 1.54) is 6.07 Å². The molecule has 0 aliphatic carbocycles. The van der Waals surface area contributed by atoms with E-state index < -0.39 is 6.04 Å². The van der Waals surface area contributed by atoms with Gasteiger partial charge in [0.2, 0.25) is 0 Å². The van der Waals surface area contributed by atoms with Crippen LogP contribution in [-0.4, -0.2) is 15.0 Å². The Kier molecular flexibility index (Phi) is 3.72. The molecular formula is C13H17FN4. The lowest BCUT2D eigenvalue weighted by Gasteiger charge is -2.13. The van der Waals surface area contributed by atoms with E-state index in [0.717, 1.165) is 24.2 Å². The zero-order valence-electron chi connectivity index (χ0n) is 10.6. The number of nitrogens with zero attached hydrogens (tertiary/aromatic N) is 3. The molecule has 0 aliphatic heterocycles. The summed E-state index contributed by atoms with van der Waals surface area (Å²) in [7, 11) is 0. The van der Waals surface area contributed by atoms with Crippen LogP contribution in [0.15, 0.2) is 24.4 Å². The molecule has 1 aromatic carbocycles. The van der Waals surface area contributed by atoms with Crippen molar-refractivity contribution in [2.45, 2.75) is 32.9 Å². The molecule has 0 aliphatic rings. The Morgan fingerprint density at radius 2 is 2.22 bits per heavy atom. The number of benzene rings is 1. The van der Waals surface area contributed by atoms with E-state index in [1.54, 1.807) is 23.9 Å². The Balaban J connectivity index is 2.32. The van der Waals surface area contributed by atoms with E-state index in [2.05, 4.69) is 17.2 Å². The molecule has 5 heteroatoms. The standard InChI is InChI=1S/C13H17FN4/c1-3-6-18-12(8-16-17-18)13(15)10-5-4-9(2)11(14)7-10/h4-5,7-8,13H,3,6,15H2,1-2H3. The van der Waals surface area contributed by atoms with Crippen LogP contribution in [0.2, 0.25) is 0 Å². The third-order valence-electron chi connectivity index (χ3n) is 2.96. The molecule has 0 spiro atoms. The number of hydrogen-bond acceptors (Lipinski definition) is 3. The van der Waals surface area contributed by atoms with Gasteiger partial charge in [-0.1, -0.05) is 24.3 Å². The molecule has 0 saturated carbocycles. The van der Waals surface area contributed by atoms with Crippen molar-refractivity contribution in [3.8, 4) is 0 Å². The van der Waals surface area contributed by atoms with Gasteiger partial charge in [-0.3, -0.25) is 0 Å². The fourth-order valence-corrected chi connectivity index (χ4v) is 1.87. The normalized spacial score (nSPS) is 12.7. The lowest BCUT2D eigenvalue weighted by Crippen LogP contribution is -2.17. The largest absolute Gasteiger partial charge is 0.319 e. The number of aromatic nitrogens is 3. The number of rotatable bonds is 4. The number of hydrogen-bond donors (Lipinski definition) is 1. The Hall–Kier alpha value is -1.75. The van der Waals surface area contributed by atoms with Gasteiger partial charge in [-0.2, -0.15) is 0 Å². The van der Waals surface area contributed by atoms with Crippen molar-refractivity contribution in [1.29, 1.82) is 0 Å². The molecular weight excluding hydrogens is 231 g/mol. The summed E-state index contributed by atoms with van der Waals surface area (Å²) in [6.07, 6.45) is 2.59. The monoisotopic (exact) mass is 248 g/mol. The fourth-order valence-electron chi connectivity index (χ4n) is 1.87. The van der Waals surface area contributed by atoms with Crippen molar-refractivity contribution >= 4 is 0 Å². The van der Waals surface area contributed by atoms with E-state index >= 15 is 0 Å². The smallest absolute Gasteiger partial charge is 0.126 e. The van der Waals surface area contributed by atoms with Crippen LogP contribution in [0.3, 0.4) is 0 Å². The third-order valence-corrected chi connectivity index (χ3v) is 2.96. The van der Waals surface area contributed by atoms with Gasteiger partial charge in [0.05, 0.1) is 17.9 Å². The predicted octanol–water partition coefficient (Wildman–Crippen LogP) is 2.18. The lowest BCUT2D eigenvalue weighted by atomic mass is 10.0. The molecule has 18 heavy (non-hydrogen) atoms. The molecule has 0 fully saturated rings. The summed E-state index contributed by atoms with van der Waals surface area (Å²) in [6, 6.07) is 4.65. The van der Waals surface area contributed by atoms with Crippen molar-refractivity contribution in [3.05, 3.63) is 47.0 Å². The Bertz CT molecular complexity index is 536. The summed E-state index contributed by atoms with van der Waals surface area (Å²) in [6.45, 7) is 4.55. The van der Waals surface area contributed by atoms with E-state index in [4.69, 9.17) is 5.73 Å². The highest BCUT2D eigenvalue weighted by Gasteiger charge is 2.15. The molecule has 4 nitrogen and oxygen atoms in total. The molecule has 1 heterocycles. The molecule has 2 rings (SSSR count). The van der Waals surface area contributed by atoms with Gasteiger partial charge < -0.3 is 5.73 Å². The van der Waals surface area contributed by atoms with Crippen molar-refractivity contribution in [2.24, 2.45) is 5.73 Å². The quantitative estimate of drug-likeness (QED) is 0.902. The first-order chi connectivity index (χ1) is 8.63. The molecule has 1 aromatic heterocycles. The Morgan fingerprint density at radius 1 is 1.44 bits per heavy atom. The van der Waals surface area contributed by atoms with Gasteiger partial charge >= 0.3 is 0 Å². The molecule has 0 bridgehead atoms. The van der Waals surface area contributed by atoms with Crippen molar-refractivity contribution in [1.82, 2.24) is 15.0 Å². The zero-order chi connectivity index (χ0) is 13.1. The summed E-state index contributed by atoms with van der Waals surface area (Å²) in [5.41, 5.74) is 8.30. The molecule has 0 amide bonds. The fraction of sp³-hybridized carbons (Fsp3) is 0.385. The highest BCUT2D eigenvalue weighted by molar-refractivity contribution is 5.30. The molecule has 2 aromatic rings. The van der Waals surface area contributed by atoms with Gasteiger partial charge in [-0.25, -0.2) is 9.07 Å². The minimum atomic E-state index is -0.401. The second-order valence-electron chi connectivity index (χ2n) is 4.37. The van der Waals surface area contributed by atoms with Crippen LogP contribution in [0.1, 0.15) is 36.2 Å². The van der Waals surface area contributed by atoms with Crippen LogP contribution in [0.4, 0.5) is 4.39 Å². The van der Waals surface area contributed by atoms with Crippen LogP contribution in [0, 0.1) is 12.7 Å². The van der Waals surface area contributed by atoms with E-state index in [-0.39, 0.29) is 5.82 Å². The van der Waals surface area contributed by atoms with Crippen molar-refractivity contribution in [2.75, 3.05) is 0 Å². The van der Waals surface area contributed by atoms with Crippen molar-refractivity contribution in [3.63, 3.8) is 0 Å². The maximum Gasteiger partial charge on any atom is 0.126 e. The van der Waals surface area contributed by atoms with Gasteiger partial charge in [0, 0.05) is 6.54 Å². The van der Waals surface area contributed by atoms with Crippen molar-refractivity contribution < 1.29 is 4.39 Å². The Morgan fingerprint density at radius 3 is 2.89 bits per heavy atom. The highest BCUT2D eigenvalue weighted by atomic mass is 19.1. The second-order valence-corrected chi connectivity index (χ2v) is 4.37. The second kappa shape index (κ2) is 5.27. The van der Waals surface area contributed by atoms with Crippen LogP contribution in [0.25, 0.3) is 0 Å². The molecule has 1 atom stereocenters. The summed E-state index contributed by atoms with van der Waals surface area (Å²) >= 11 is 0. The van der Waals surface area contributed by atoms with Crippen LogP contribution < -0.4 is 5.73 Å². The van der Waals surface area contributed by atoms with E-state index in [1.807, 2.05) is 6.07 Å². The van der Waals surface area contributed by atoms with Crippen LogP contribution >= 0.6 is 0 Å². The maximum atomic E-state index is 13.5. The summed E-state index contributed by atoms with van der Waals surface area (Å²) in [4.78, 5) is 0. The van der Waals surface area contributed by atoms with Crippen LogP contribution in [0.5, 0.6) is 0 Å². The first kappa shape index (κ1) is 12.7. The maximum absolute atomic E-state index is 13.5. The van der Waals surface area contributed by atoms with Gasteiger partial charge in [-0.15, -0.1) is 5.10 Å². The highest BCUT2D eigenvalue weighted by Crippen LogP contribution is 2.20. The van der Waals surface area contributed by atoms with Crippen LogP contribution in [-0.2, 0) is 6.54 Å². The van der Waals surface area contributed by atoms with Gasteiger partial charge in [0.15, 0.2) is 0 Å². The van der Waals surface area contributed by atoms with E-state index in [9.17, 15) is 4.39 Å². The minimum Gasteiger partial charge on any atom is -0.319 e. The predicted molar refractivity (Wildman–Crippen MR) is 67.5 cm³/mol. The van der Waals surface area contributed by atoms with Gasteiger partial charge in [0.1, 0.15) is 5.82 Å². The number of aryl methyl sites for hydroxylation is 2. The molecule has 2 N–H and O–H groups in total. The molecule has 0 saturated heterocycles. The summed E-state index contributed by atoms with van der Waals surface area (Å²) in [5, 5.41) is 7.85.